The molecular weight excluding hydrogens is 266 g/mol. The molecule has 2 aromatic rings. The van der Waals surface area contributed by atoms with Crippen LogP contribution in [-0.4, -0.2) is 12.4 Å². The summed E-state index contributed by atoms with van der Waals surface area (Å²) < 4.78 is 5.15. The van der Waals surface area contributed by atoms with Crippen LogP contribution in [0.1, 0.15) is 27.0 Å². The van der Waals surface area contributed by atoms with Gasteiger partial charge in [-0.05, 0) is 31.0 Å². The third kappa shape index (κ3) is 3.92. The number of carbonyl (C=O) groups is 2. The smallest absolute Gasteiger partial charge is 0.411 e. The highest BCUT2D eigenvalue weighted by Gasteiger charge is 2.11. The van der Waals surface area contributed by atoms with Crippen LogP contribution in [0.2, 0.25) is 0 Å². The molecule has 108 valence electrons. The third-order valence-electron chi connectivity index (χ3n) is 3.08. The van der Waals surface area contributed by atoms with Crippen molar-refractivity contribution in [1.29, 1.82) is 0 Å². The van der Waals surface area contributed by atoms with Gasteiger partial charge in [0.05, 0.1) is 5.69 Å². The van der Waals surface area contributed by atoms with Crippen LogP contribution in [0, 0.1) is 13.8 Å². The molecule has 21 heavy (non-hydrogen) atoms. The average molecular weight is 283 g/mol. The molecule has 1 N–H and O–H groups in total. The molecule has 4 heteroatoms. The Morgan fingerprint density at radius 1 is 1.19 bits per heavy atom. The summed E-state index contributed by atoms with van der Waals surface area (Å²) in [4.78, 5) is 22.9. The van der Waals surface area contributed by atoms with Crippen molar-refractivity contribution in [1.82, 2.24) is 0 Å². The minimum Gasteiger partial charge on any atom is -0.444 e. The summed E-state index contributed by atoms with van der Waals surface area (Å²) in [7, 11) is 0. The van der Waals surface area contributed by atoms with Gasteiger partial charge in [0, 0.05) is 5.56 Å². The topological polar surface area (TPSA) is 55.4 Å². The Kier molecular flexibility index (Phi) is 4.72. The van der Waals surface area contributed by atoms with Gasteiger partial charge in [0.1, 0.15) is 6.61 Å². The molecule has 0 aromatic heterocycles. The SMILES string of the molecule is Cc1cc(C)c(NC(=O)OCc2ccccc2)c(C=O)c1. The van der Waals surface area contributed by atoms with Gasteiger partial charge < -0.3 is 4.74 Å². The summed E-state index contributed by atoms with van der Waals surface area (Å²) in [6.07, 6.45) is 0.154. The number of aryl methyl sites for hydroxylation is 2. The molecular formula is C17H17NO3. The number of hydrogen-bond donors (Lipinski definition) is 1. The number of anilines is 1. The number of rotatable bonds is 4. The van der Waals surface area contributed by atoms with E-state index in [0.717, 1.165) is 23.0 Å². The minimum absolute atomic E-state index is 0.188. The van der Waals surface area contributed by atoms with E-state index in [0.29, 0.717) is 11.3 Å². The van der Waals surface area contributed by atoms with Crippen LogP contribution < -0.4 is 5.32 Å². The standard InChI is InChI=1S/C17H17NO3/c1-12-8-13(2)16(15(9-12)10-19)18-17(20)21-11-14-6-4-3-5-7-14/h3-10H,11H2,1-2H3,(H,18,20). The lowest BCUT2D eigenvalue weighted by atomic mass is 10.1. The normalized spacial score (nSPS) is 10.0. The molecule has 0 atom stereocenters. The molecule has 2 rings (SSSR count). The number of carbonyl (C=O) groups excluding carboxylic acids is 2. The van der Waals surface area contributed by atoms with Crippen LogP contribution in [0.5, 0.6) is 0 Å². The van der Waals surface area contributed by atoms with E-state index in [9.17, 15) is 9.59 Å². The lowest BCUT2D eigenvalue weighted by molar-refractivity contribution is 0.112. The van der Waals surface area contributed by atoms with Crippen LogP contribution in [0.3, 0.4) is 0 Å². The summed E-state index contributed by atoms with van der Waals surface area (Å²) in [5, 5.41) is 2.63. The lowest BCUT2D eigenvalue weighted by Crippen LogP contribution is -2.15. The molecule has 2 aromatic carbocycles. The largest absolute Gasteiger partial charge is 0.444 e. The van der Waals surface area contributed by atoms with E-state index in [4.69, 9.17) is 4.74 Å². The number of ether oxygens (including phenoxy) is 1. The molecule has 0 aliphatic rings. The Hall–Kier alpha value is -2.62. The van der Waals surface area contributed by atoms with Crippen molar-refractivity contribution in [2.45, 2.75) is 20.5 Å². The summed E-state index contributed by atoms with van der Waals surface area (Å²) in [5.74, 6) is 0. The molecule has 0 fully saturated rings. The Morgan fingerprint density at radius 2 is 1.90 bits per heavy atom. The summed E-state index contributed by atoms with van der Waals surface area (Å²) in [6.45, 7) is 3.93. The predicted molar refractivity (Wildman–Crippen MR) is 81.6 cm³/mol. The zero-order valence-electron chi connectivity index (χ0n) is 12.1. The van der Waals surface area contributed by atoms with Crippen molar-refractivity contribution in [2.24, 2.45) is 0 Å². The summed E-state index contributed by atoms with van der Waals surface area (Å²) >= 11 is 0. The minimum atomic E-state index is -0.575. The quantitative estimate of drug-likeness (QED) is 0.867. The second-order valence-corrected chi connectivity index (χ2v) is 4.85. The maximum absolute atomic E-state index is 11.8. The first kappa shape index (κ1) is 14.8. The molecule has 0 spiro atoms. The van der Waals surface area contributed by atoms with Gasteiger partial charge in [-0.3, -0.25) is 10.1 Å². The zero-order chi connectivity index (χ0) is 15.2. The summed E-state index contributed by atoms with van der Waals surface area (Å²) in [5.41, 5.74) is 3.65. The molecule has 4 nitrogen and oxygen atoms in total. The first-order valence-corrected chi connectivity index (χ1v) is 6.64. The fourth-order valence-electron chi connectivity index (χ4n) is 2.13. The van der Waals surface area contributed by atoms with E-state index >= 15 is 0 Å². The van der Waals surface area contributed by atoms with Gasteiger partial charge in [0.15, 0.2) is 6.29 Å². The summed E-state index contributed by atoms with van der Waals surface area (Å²) in [6, 6.07) is 13.0. The lowest BCUT2D eigenvalue weighted by Gasteiger charge is -2.12. The predicted octanol–water partition coefficient (Wildman–Crippen LogP) is 3.86. The van der Waals surface area contributed by atoms with Gasteiger partial charge in [-0.2, -0.15) is 0 Å². The molecule has 0 saturated heterocycles. The van der Waals surface area contributed by atoms with E-state index in [1.165, 1.54) is 0 Å². The van der Waals surface area contributed by atoms with Crippen LogP contribution in [-0.2, 0) is 11.3 Å². The first-order valence-electron chi connectivity index (χ1n) is 6.64. The van der Waals surface area contributed by atoms with E-state index in [2.05, 4.69) is 5.32 Å². The van der Waals surface area contributed by atoms with Gasteiger partial charge in [-0.15, -0.1) is 0 Å². The van der Waals surface area contributed by atoms with Gasteiger partial charge in [0.25, 0.3) is 0 Å². The zero-order valence-corrected chi connectivity index (χ0v) is 12.1. The highest BCUT2D eigenvalue weighted by Crippen LogP contribution is 2.21. The molecule has 0 unspecified atom stereocenters. The van der Waals surface area contributed by atoms with Crippen LogP contribution >= 0.6 is 0 Å². The fraction of sp³-hybridized carbons (Fsp3) is 0.176. The Bertz CT molecular complexity index is 651. The Labute approximate surface area is 123 Å². The molecule has 0 saturated carbocycles. The number of aldehydes is 1. The Morgan fingerprint density at radius 3 is 2.57 bits per heavy atom. The molecule has 0 radical (unpaired) electrons. The number of amides is 1. The molecule has 0 heterocycles. The molecule has 0 bridgehead atoms. The van der Waals surface area contributed by atoms with Gasteiger partial charge in [-0.1, -0.05) is 42.0 Å². The average Bonchev–Trinajstić information content (AvgIpc) is 2.48. The number of hydrogen-bond acceptors (Lipinski definition) is 3. The number of benzene rings is 2. The third-order valence-corrected chi connectivity index (χ3v) is 3.08. The van der Waals surface area contributed by atoms with Crippen molar-refractivity contribution in [3.8, 4) is 0 Å². The van der Waals surface area contributed by atoms with Crippen LogP contribution in [0.15, 0.2) is 42.5 Å². The van der Waals surface area contributed by atoms with Crippen LogP contribution in [0.4, 0.5) is 10.5 Å². The van der Waals surface area contributed by atoms with E-state index < -0.39 is 6.09 Å². The molecule has 1 amide bonds. The van der Waals surface area contributed by atoms with Crippen molar-refractivity contribution >= 4 is 18.1 Å². The van der Waals surface area contributed by atoms with Gasteiger partial charge in [-0.25, -0.2) is 4.79 Å². The maximum atomic E-state index is 11.8. The van der Waals surface area contributed by atoms with Crippen LogP contribution in [0.25, 0.3) is 0 Å². The molecule has 0 aliphatic carbocycles. The first-order chi connectivity index (χ1) is 10.1. The molecule has 0 aliphatic heterocycles. The second-order valence-electron chi connectivity index (χ2n) is 4.85. The van der Waals surface area contributed by atoms with Crippen molar-refractivity contribution in [3.63, 3.8) is 0 Å². The van der Waals surface area contributed by atoms with Crippen molar-refractivity contribution in [3.05, 3.63) is 64.7 Å². The monoisotopic (exact) mass is 283 g/mol. The number of nitrogens with one attached hydrogen (secondary N) is 1. The highest BCUT2D eigenvalue weighted by atomic mass is 16.5. The second kappa shape index (κ2) is 6.70. The van der Waals surface area contributed by atoms with Crippen molar-refractivity contribution in [2.75, 3.05) is 5.32 Å². The van der Waals surface area contributed by atoms with E-state index in [1.54, 1.807) is 6.07 Å². The highest BCUT2D eigenvalue weighted by molar-refractivity contribution is 5.94. The van der Waals surface area contributed by atoms with E-state index in [-0.39, 0.29) is 6.61 Å². The maximum Gasteiger partial charge on any atom is 0.411 e. The van der Waals surface area contributed by atoms with Gasteiger partial charge >= 0.3 is 6.09 Å². The van der Waals surface area contributed by atoms with Gasteiger partial charge in [0.2, 0.25) is 0 Å². The van der Waals surface area contributed by atoms with E-state index in [1.807, 2.05) is 50.2 Å². The fourth-order valence-corrected chi connectivity index (χ4v) is 2.13. The Balaban J connectivity index is 2.04. The van der Waals surface area contributed by atoms with Crippen molar-refractivity contribution < 1.29 is 14.3 Å².